The van der Waals surface area contributed by atoms with E-state index in [0.29, 0.717) is 38.3 Å². The lowest BCUT2D eigenvalue weighted by Crippen LogP contribution is -2.54. The van der Waals surface area contributed by atoms with Crippen LogP contribution in [0.3, 0.4) is 0 Å². The van der Waals surface area contributed by atoms with Gasteiger partial charge in [-0.1, -0.05) is 0 Å². The number of aliphatic imine (C=N–C) groups is 1. The maximum atomic E-state index is 12.5. The molecule has 0 amide bonds. The molecule has 0 atom stereocenters. The van der Waals surface area contributed by atoms with Crippen molar-refractivity contribution in [3.8, 4) is 0 Å². The molecule has 1 aliphatic heterocycles. The molecule has 0 bridgehead atoms. The van der Waals surface area contributed by atoms with Crippen LogP contribution in [0.4, 0.5) is 0 Å². The van der Waals surface area contributed by atoms with Gasteiger partial charge in [-0.25, -0.2) is 8.42 Å². The number of guanidine groups is 1. The number of nitrogens with one attached hydrogen (secondary N) is 1. The topological polar surface area (TPSA) is 77.5 Å². The Kier molecular flexibility index (Phi) is 14.7. The number of ether oxygens (including phenoxy) is 1. The predicted octanol–water partition coefficient (Wildman–Crippen LogP) is 2.06. The first-order chi connectivity index (χ1) is 13.6. The fraction of sp³-hybridized carbons (Fsp3) is 0.950. The van der Waals surface area contributed by atoms with Crippen molar-refractivity contribution in [2.24, 2.45) is 4.99 Å². The van der Waals surface area contributed by atoms with Crippen molar-refractivity contribution in [1.29, 1.82) is 0 Å². The summed E-state index contributed by atoms with van der Waals surface area (Å²) in [7, 11) is -1.48. The lowest BCUT2D eigenvalue weighted by atomic mass is 10.2. The third-order valence-corrected chi connectivity index (χ3v) is 6.97. The number of halogens is 1. The smallest absolute Gasteiger partial charge is 0.216 e. The Morgan fingerprint density at radius 2 is 1.63 bits per heavy atom. The molecule has 0 radical (unpaired) electrons. The number of nitrogens with zero attached hydrogens (tertiary/aromatic N) is 4. The molecule has 0 aromatic carbocycles. The van der Waals surface area contributed by atoms with E-state index in [1.807, 2.05) is 13.8 Å². The van der Waals surface area contributed by atoms with E-state index in [9.17, 15) is 8.42 Å². The lowest BCUT2D eigenvalue weighted by molar-refractivity contribution is 0.0904. The Morgan fingerprint density at radius 1 is 1.07 bits per heavy atom. The molecule has 1 aliphatic rings. The SMILES string of the molecule is CN=C(NCCCN(C(C)C)C(C)C)N1CCN(S(=O)(=O)CCOC(C)C)CC1.I. The molecule has 1 heterocycles. The molecule has 180 valence electrons. The van der Waals surface area contributed by atoms with Gasteiger partial charge in [-0.2, -0.15) is 4.31 Å². The molecule has 8 nitrogen and oxygen atoms in total. The summed E-state index contributed by atoms with van der Waals surface area (Å²) in [6, 6.07) is 1.07. The maximum absolute atomic E-state index is 12.5. The molecule has 1 N–H and O–H groups in total. The summed E-state index contributed by atoms with van der Waals surface area (Å²) < 4.78 is 31.9. The third-order valence-electron chi connectivity index (χ3n) is 5.14. The van der Waals surface area contributed by atoms with Crippen LogP contribution in [-0.2, 0) is 14.8 Å². The number of sulfonamides is 1. The number of piperazine rings is 1. The second-order valence-corrected chi connectivity index (χ2v) is 10.5. The molecule has 1 fully saturated rings. The zero-order chi connectivity index (χ0) is 22.0. The zero-order valence-corrected chi connectivity index (χ0v) is 23.1. The monoisotopic (exact) mass is 561 g/mol. The van der Waals surface area contributed by atoms with Gasteiger partial charge >= 0.3 is 0 Å². The molecule has 0 saturated carbocycles. The molecule has 0 spiro atoms. The van der Waals surface area contributed by atoms with Crippen molar-refractivity contribution < 1.29 is 13.2 Å². The zero-order valence-electron chi connectivity index (χ0n) is 19.9. The average molecular weight is 562 g/mol. The molecule has 0 aromatic heterocycles. The van der Waals surface area contributed by atoms with Crippen LogP contribution >= 0.6 is 24.0 Å². The minimum Gasteiger partial charge on any atom is -0.378 e. The van der Waals surface area contributed by atoms with E-state index in [0.717, 1.165) is 25.5 Å². The van der Waals surface area contributed by atoms with Gasteiger partial charge < -0.3 is 15.0 Å². The standard InChI is InChI=1S/C20H43N5O3S.HI/c1-17(2)25(18(3)4)10-8-9-22-20(21-7)23-11-13-24(14-12-23)29(26,27)16-15-28-19(5)6;/h17-19H,8-16H2,1-7H3,(H,21,22);1H. The first kappa shape index (κ1) is 29.8. The molecule has 30 heavy (non-hydrogen) atoms. The van der Waals surface area contributed by atoms with Crippen LogP contribution in [0.1, 0.15) is 48.0 Å². The summed E-state index contributed by atoms with van der Waals surface area (Å²) >= 11 is 0. The van der Waals surface area contributed by atoms with Crippen molar-refractivity contribution >= 4 is 40.0 Å². The molecular formula is C20H44IN5O3S. The van der Waals surface area contributed by atoms with Crippen LogP contribution in [0, 0.1) is 0 Å². The average Bonchev–Trinajstić information content (AvgIpc) is 2.63. The molecule has 10 heteroatoms. The minimum absolute atomic E-state index is 0. The second-order valence-electron chi connectivity index (χ2n) is 8.37. The Hall–Kier alpha value is -0.170. The highest BCUT2D eigenvalue weighted by Gasteiger charge is 2.28. The lowest BCUT2D eigenvalue weighted by Gasteiger charge is -2.36. The van der Waals surface area contributed by atoms with E-state index in [4.69, 9.17) is 4.74 Å². The van der Waals surface area contributed by atoms with Gasteiger partial charge in [0.05, 0.1) is 18.5 Å². The van der Waals surface area contributed by atoms with Crippen LogP contribution in [-0.4, -0.2) is 105 Å². The molecule has 1 rings (SSSR count). The maximum Gasteiger partial charge on any atom is 0.216 e. The van der Waals surface area contributed by atoms with Gasteiger partial charge in [0.1, 0.15) is 0 Å². The normalized spacial score (nSPS) is 16.6. The second kappa shape index (κ2) is 14.8. The van der Waals surface area contributed by atoms with Crippen molar-refractivity contribution in [2.75, 3.05) is 58.7 Å². The Labute approximate surface area is 201 Å². The van der Waals surface area contributed by atoms with E-state index in [1.165, 1.54) is 0 Å². The Morgan fingerprint density at radius 3 is 2.10 bits per heavy atom. The highest BCUT2D eigenvalue weighted by atomic mass is 127. The largest absolute Gasteiger partial charge is 0.378 e. The highest BCUT2D eigenvalue weighted by Crippen LogP contribution is 2.09. The van der Waals surface area contributed by atoms with E-state index < -0.39 is 10.0 Å². The predicted molar refractivity (Wildman–Crippen MR) is 136 cm³/mol. The van der Waals surface area contributed by atoms with Gasteiger partial charge in [0.15, 0.2) is 5.96 Å². The van der Waals surface area contributed by atoms with Gasteiger partial charge in [-0.3, -0.25) is 9.89 Å². The first-order valence-corrected chi connectivity index (χ1v) is 12.5. The minimum atomic E-state index is -3.27. The molecule has 0 aliphatic carbocycles. The van der Waals surface area contributed by atoms with E-state index in [2.05, 4.69) is 47.8 Å². The van der Waals surface area contributed by atoms with E-state index in [1.54, 1.807) is 11.4 Å². The number of hydrogen-bond donors (Lipinski definition) is 1. The van der Waals surface area contributed by atoms with Crippen LogP contribution in [0.2, 0.25) is 0 Å². The van der Waals surface area contributed by atoms with Gasteiger partial charge in [0.2, 0.25) is 10.0 Å². The third kappa shape index (κ3) is 10.4. The van der Waals surface area contributed by atoms with Crippen LogP contribution in [0.25, 0.3) is 0 Å². The molecule has 1 saturated heterocycles. The summed E-state index contributed by atoms with van der Waals surface area (Å²) in [5, 5.41) is 3.43. The number of rotatable bonds is 11. The summed E-state index contributed by atoms with van der Waals surface area (Å²) in [4.78, 5) is 9.01. The van der Waals surface area contributed by atoms with E-state index >= 15 is 0 Å². The van der Waals surface area contributed by atoms with Crippen molar-refractivity contribution in [3.63, 3.8) is 0 Å². The van der Waals surface area contributed by atoms with Gasteiger partial charge in [-0.15, -0.1) is 24.0 Å². The molecule has 0 aromatic rings. The van der Waals surface area contributed by atoms with Crippen LogP contribution < -0.4 is 5.32 Å². The number of hydrogen-bond acceptors (Lipinski definition) is 5. The molecular weight excluding hydrogens is 517 g/mol. The van der Waals surface area contributed by atoms with Gasteiger partial charge in [-0.05, 0) is 48.0 Å². The van der Waals surface area contributed by atoms with E-state index in [-0.39, 0.29) is 42.4 Å². The van der Waals surface area contributed by atoms with Crippen molar-refractivity contribution in [3.05, 3.63) is 0 Å². The highest BCUT2D eigenvalue weighted by molar-refractivity contribution is 14.0. The summed E-state index contributed by atoms with van der Waals surface area (Å²) in [5.41, 5.74) is 0. The van der Waals surface area contributed by atoms with Gasteiger partial charge in [0, 0.05) is 58.4 Å². The fourth-order valence-corrected chi connectivity index (χ4v) is 4.89. The van der Waals surface area contributed by atoms with Crippen LogP contribution in [0.15, 0.2) is 4.99 Å². The summed E-state index contributed by atoms with van der Waals surface area (Å²) in [6.45, 7) is 17.2. The summed E-state index contributed by atoms with van der Waals surface area (Å²) in [5.74, 6) is 0.895. The fourth-order valence-electron chi connectivity index (χ4n) is 3.60. The summed E-state index contributed by atoms with van der Waals surface area (Å²) in [6.07, 6.45) is 1.09. The van der Waals surface area contributed by atoms with Crippen molar-refractivity contribution in [1.82, 2.24) is 19.4 Å². The van der Waals surface area contributed by atoms with Crippen molar-refractivity contribution in [2.45, 2.75) is 66.2 Å². The quantitative estimate of drug-likeness (QED) is 0.180. The first-order valence-electron chi connectivity index (χ1n) is 10.9. The van der Waals surface area contributed by atoms with Crippen LogP contribution in [0.5, 0.6) is 0 Å². The Bertz CT molecular complexity index is 583. The molecule has 0 unspecified atom stereocenters. The Balaban J connectivity index is 0.00000841. The van der Waals surface area contributed by atoms with Gasteiger partial charge in [0.25, 0.3) is 0 Å².